The maximum absolute atomic E-state index is 6.00. The molecule has 0 radical (unpaired) electrons. The average molecular weight is 469 g/mol. The second kappa shape index (κ2) is 11.9. The molecule has 0 aliphatic rings. The number of hydrogen-bond donors (Lipinski definition) is 2. The van der Waals surface area contributed by atoms with Crippen LogP contribution in [-0.4, -0.2) is 21.6 Å². The number of aromatic nitrogens is 2. The lowest BCUT2D eigenvalue weighted by Gasteiger charge is -2.15. The van der Waals surface area contributed by atoms with Gasteiger partial charge < -0.3 is 15.6 Å². The van der Waals surface area contributed by atoms with Crippen LogP contribution in [0.15, 0.2) is 48.0 Å². The van der Waals surface area contributed by atoms with Gasteiger partial charge in [-0.3, -0.25) is 0 Å². The lowest BCUT2D eigenvalue weighted by molar-refractivity contribution is 0.493. The number of guanidine groups is 1. The second-order valence-electron chi connectivity index (χ2n) is 7.12. The third-order valence-corrected chi connectivity index (χ3v) is 4.19. The first-order valence-corrected chi connectivity index (χ1v) is 9.13. The molecule has 1 heterocycles. The van der Waals surface area contributed by atoms with Crippen molar-refractivity contribution in [3.8, 4) is 0 Å². The van der Waals surface area contributed by atoms with Gasteiger partial charge in [-0.2, -0.15) is 0 Å². The highest BCUT2D eigenvalue weighted by Crippen LogP contribution is 2.09. The van der Waals surface area contributed by atoms with Crippen LogP contribution in [0.5, 0.6) is 0 Å². The van der Waals surface area contributed by atoms with E-state index < -0.39 is 0 Å². The zero-order valence-electron chi connectivity index (χ0n) is 16.1. The highest BCUT2D eigenvalue weighted by atomic mass is 127. The molecule has 2 rings (SSSR count). The normalized spacial score (nSPS) is 12.7. The first-order chi connectivity index (χ1) is 12.0. The van der Waals surface area contributed by atoms with Crippen molar-refractivity contribution in [1.29, 1.82) is 0 Å². The fraction of sp³-hybridized carbons (Fsp3) is 0.500. The number of rotatable bonds is 9. The molecular formula is C20H32IN5. The van der Waals surface area contributed by atoms with Crippen LogP contribution in [0.25, 0.3) is 0 Å². The summed E-state index contributed by atoms with van der Waals surface area (Å²) in [4.78, 5) is 8.51. The Morgan fingerprint density at radius 1 is 1.15 bits per heavy atom. The van der Waals surface area contributed by atoms with Crippen LogP contribution in [0.2, 0.25) is 0 Å². The first kappa shape index (κ1) is 22.5. The Balaban J connectivity index is 0.00000338. The summed E-state index contributed by atoms with van der Waals surface area (Å²) in [5, 5.41) is 3.28. The molecule has 0 bridgehead atoms. The molecule has 0 saturated carbocycles. The SMILES string of the molecule is CC(C)CCCC(C)NC(N)=NCc1ccc(Cn2ccnc2)cc1.I. The Morgan fingerprint density at radius 2 is 1.85 bits per heavy atom. The van der Waals surface area contributed by atoms with Crippen LogP contribution in [0.4, 0.5) is 0 Å². The Bertz CT molecular complexity index is 635. The maximum atomic E-state index is 6.00. The van der Waals surface area contributed by atoms with Crippen LogP contribution in [0, 0.1) is 5.92 Å². The van der Waals surface area contributed by atoms with Gasteiger partial charge in [-0.1, -0.05) is 51.0 Å². The van der Waals surface area contributed by atoms with Crippen molar-refractivity contribution in [1.82, 2.24) is 14.9 Å². The van der Waals surface area contributed by atoms with Crippen molar-refractivity contribution >= 4 is 29.9 Å². The van der Waals surface area contributed by atoms with Crippen molar-refractivity contribution in [2.45, 2.75) is 59.2 Å². The second-order valence-corrected chi connectivity index (χ2v) is 7.12. The zero-order chi connectivity index (χ0) is 18.1. The Morgan fingerprint density at radius 3 is 2.46 bits per heavy atom. The summed E-state index contributed by atoms with van der Waals surface area (Å²) >= 11 is 0. The van der Waals surface area contributed by atoms with Crippen molar-refractivity contribution in [2.75, 3.05) is 0 Å². The number of halogens is 1. The molecule has 2 aromatic rings. The summed E-state index contributed by atoms with van der Waals surface area (Å²) in [6, 6.07) is 8.83. The highest BCUT2D eigenvalue weighted by molar-refractivity contribution is 14.0. The van der Waals surface area contributed by atoms with E-state index in [0.717, 1.165) is 24.4 Å². The molecule has 1 atom stereocenters. The van der Waals surface area contributed by atoms with Crippen molar-refractivity contribution in [3.05, 3.63) is 54.1 Å². The Labute approximate surface area is 174 Å². The molecule has 0 spiro atoms. The quantitative estimate of drug-likeness (QED) is 0.329. The fourth-order valence-corrected chi connectivity index (χ4v) is 2.72. The molecule has 3 N–H and O–H groups in total. The molecule has 0 saturated heterocycles. The number of imidazole rings is 1. The van der Waals surface area contributed by atoms with E-state index in [4.69, 9.17) is 5.73 Å². The summed E-state index contributed by atoms with van der Waals surface area (Å²) in [5.41, 5.74) is 8.41. The van der Waals surface area contributed by atoms with E-state index in [2.05, 4.69) is 64.9 Å². The fourth-order valence-electron chi connectivity index (χ4n) is 2.72. The van der Waals surface area contributed by atoms with Gasteiger partial charge in [0, 0.05) is 25.0 Å². The molecule has 1 aromatic carbocycles. The lowest BCUT2D eigenvalue weighted by Crippen LogP contribution is -2.38. The number of nitrogens with zero attached hydrogens (tertiary/aromatic N) is 3. The van der Waals surface area contributed by atoms with Crippen LogP contribution >= 0.6 is 24.0 Å². The van der Waals surface area contributed by atoms with E-state index in [0.29, 0.717) is 18.5 Å². The predicted molar refractivity (Wildman–Crippen MR) is 120 cm³/mol. The van der Waals surface area contributed by atoms with Crippen molar-refractivity contribution < 1.29 is 0 Å². The first-order valence-electron chi connectivity index (χ1n) is 9.13. The average Bonchev–Trinajstić information content (AvgIpc) is 3.07. The summed E-state index contributed by atoms with van der Waals surface area (Å²) < 4.78 is 2.05. The smallest absolute Gasteiger partial charge is 0.189 e. The summed E-state index contributed by atoms with van der Waals surface area (Å²) in [6.45, 7) is 8.11. The monoisotopic (exact) mass is 469 g/mol. The van der Waals surface area contributed by atoms with Gasteiger partial charge in [0.2, 0.25) is 0 Å². The largest absolute Gasteiger partial charge is 0.370 e. The van der Waals surface area contributed by atoms with Gasteiger partial charge >= 0.3 is 0 Å². The Hall–Kier alpha value is -1.57. The van der Waals surface area contributed by atoms with Crippen LogP contribution in [0.3, 0.4) is 0 Å². The van der Waals surface area contributed by atoms with E-state index in [1.54, 1.807) is 6.20 Å². The molecule has 0 amide bonds. The van der Waals surface area contributed by atoms with Crippen molar-refractivity contribution in [3.63, 3.8) is 0 Å². The van der Waals surface area contributed by atoms with Gasteiger partial charge in [-0.05, 0) is 30.4 Å². The van der Waals surface area contributed by atoms with E-state index in [9.17, 15) is 0 Å². The molecule has 0 aliphatic heterocycles. The summed E-state index contributed by atoms with van der Waals surface area (Å²) in [5.74, 6) is 1.29. The standard InChI is InChI=1S/C20H31N5.HI/c1-16(2)5-4-6-17(3)24-20(21)23-13-18-7-9-19(10-8-18)14-25-12-11-22-15-25;/h7-12,15-17H,4-6,13-14H2,1-3H3,(H3,21,23,24);1H. The van der Waals surface area contributed by atoms with Crippen LogP contribution in [0.1, 0.15) is 51.2 Å². The van der Waals surface area contributed by atoms with Gasteiger partial charge in [0.15, 0.2) is 5.96 Å². The number of hydrogen-bond acceptors (Lipinski definition) is 2. The van der Waals surface area contributed by atoms with Gasteiger partial charge in [0.25, 0.3) is 0 Å². The number of nitrogens with two attached hydrogens (primary N) is 1. The molecule has 0 aliphatic carbocycles. The number of aliphatic imine (C=N–C) groups is 1. The third kappa shape index (κ3) is 8.69. The minimum atomic E-state index is 0. The number of nitrogens with one attached hydrogen (secondary N) is 1. The minimum Gasteiger partial charge on any atom is -0.370 e. The summed E-state index contributed by atoms with van der Waals surface area (Å²) in [6.07, 6.45) is 9.19. The predicted octanol–water partition coefficient (Wildman–Crippen LogP) is 4.17. The van der Waals surface area contributed by atoms with E-state index in [-0.39, 0.29) is 24.0 Å². The van der Waals surface area contributed by atoms with Gasteiger partial charge in [-0.15, -0.1) is 24.0 Å². The van der Waals surface area contributed by atoms with Crippen LogP contribution in [-0.2, 0) is 13.1 Å². The minimum absolute atomic E-state index is 0. The molecule has 5 nitrogen and oxygen atoms in total. The number of benzene rings is 1. The molecule has 1 unspecified atom stereocenters. The van der Waals surface area contributed by atoms with E-state index in [1.165, 1.54) is 18.4 Å². The van der Waals surface area contributed by atoms with Gasteiger partial charge in [-0.25, -0.2) is 9.98 Å². The highest BCUT2D eigenvalue weighted by Gasteiger charge is 2.04. The maximum Gasteiger partial charge on any atom is 0.189 e. The van der Waals surface area contributed by atoms with Crippen LogP contribution < -0.4 is 11.1 Å². The Kier molecular flexibility index (Phi) is 10.3. The molecule has 26 heavy (non-hydrogen) atoms. The van der Waals surface area contributed by atoms with E-state index in [1.807, 2.05) is 12.5 Å². The van der Waals surface area contributed by atoms with Gasteiger partial charge in [0.05, 0.1) is 12.9 Å². The summed E-state index contributed by atoms with van der Waals surface area (Å²) in [7, 11) is 0. The molecule has 1 aromatic heterocycles. The third-order valence-electron chi connectivity index (χ3n) is 4.19. The molecule has 6 heteroatoms. The zero-order valence-corrected chi connectivity index (χ0v) is 18.4. The molecular weight excluding hydrogens is 437 g/mol. The van der Waals surface area contributed by atoms with Gasteiger partial charge in [0.1, 0.15) is 0 Å². The molecule has 144 valence electrons. The molecule has 0 fully saturated rings. The van der Waals surface area contributed by atoms with Crippen molar-refractivity contribution in [2.24, 2.45) is 16.6 Å². The lowest BCUT2D eigenvalue weighted by atomic mass is 10.0. The van der Waals surface area contributed by atoms with E-state index >= 15 is 0 Å². The topological polar surface area (TPSA) is 68.2 Å².